The highest BCUT2D eigenvalue weighted by Gasteiger charge is 2.24. The highest BCUT2D eigenvalue weighted by Crippen LogP contribution is 2.27. The second-order valence-corrected chi connectivity index (χ2v) is 7.33. The molecule has 6 heteroatoms. The van der Waals surface area contributed by atoms with Crippen LogP contribution in [-0.2, 0) is 22.4 Å². The zero-order valence-corrected chi connectivity index (χ0v) is 16.0. The van der Waals surface area contributed by atoms with E-state index >= 15 is 0 Å². The molecule has 2 aromatic rings. The molecular weight excluding hydrogens is 371 g/mol. The molecule has 0 aliphatic carbocycles. The fourth-order valence-electron chi connectivity index (χ4n) is 3.14. The lowest BCUT2D eigenvalue weighted by Gasteiger charge is -2.19. The van der Waals surface area contributed by atoms with E-state index in [0.29, 0.717) is 23.0 Å². The third kappa shape index (κ3) is 4.19. The molecule has 1 aliphatic heterocycles. The molecule has 3 rings (SSSR count). The zero-order valence-electron chi connectivity index (χ0n) is 14.5. The Bertz CT molecular complexity index is 838. The summed E-state index contributed by atoms with van der Waals surface area (Å²) in [6.45, 7) is 2.46. The van der Waals surface area contributed by atoms with Crippen molar-refractivity contribution in [2.24, 2.45) is 5.92 Å². The van der Waals surface area contributed by atoms with E-state index in [1.54, 1.807) is 17.0 Å². The maximum atomic E-state index is 12.5. The van der Waals surface area contributed by atoms with Crippen molar-refractivity contribution < 1.29 is 9.59 Å². The number of hydrogen-bond acceptors (Lipinski definition) is 2. The van der Waals surface area contributed by atoms with Gasteiger partial charge in [0.25, 0.3) is 0 Å². The number of anilines is 1. The Labute approximate surface area is 163 Å². The van der Waals surface area contributed by atoms with Crippen molar-refractivity contribution >= 4 is 40.7 Å². The Morgan fingerprint density at radius 1 is 1.19 bits per heavy atom. The first-order valence-corrected chi connectivity index (χ1v) is 9.31. The van der Waals surface area contributed by atoms with Gasteiger partial charge < -0.3 is 10.2 Å². The molecule has 0 bridgehead atoms. The van der Waals surface area contributed by atoms with E-state index in [1.807, 2.05) is 37.3 Å². The summed E-state index contributed by atoms with van der Waals surface area (Å²) in [5.74, 6) is -0.566. The van der Waals surface area contributed by atoms with Gasteiger partial charge >= 0.3 is 0 Å². The number of amides is 2. The van der Waals surface area contributed by atoms with Crippen LogP contribution >= 0.6 is 23.2 Å². The van der Waals surface area contributed by atoms with Gasteiger partial charge in [-0.3, -0.25) is 9.59 Å². The second kappa shape index (κ2) is 8.11. The normalized spacial score (nSPS) is 14.0. The van der Waals surface area contributed by atoms with E-state index in [4.69, 9.17) is 23.2 Å². The van der Waals surface area contributed by atoms with Crippen LogP contribution in [0.1, 0.15) is 18.1 Å². The molecule has 26 heavy (non-hydrogen) atoms. The molecule has 1 atom stereocenters. The van der Waals surface area contributed by atoms with E-state index in [2.05, 4.69) is 5.32 Å². The number of nitrogens with zero attached hydrogens (tertiary/aromatic N) is 1. The largest absolute Gasteiger partial charge is 0.347 e. The summed E-state index contributed by atoms with van der Waals surface area (Å²) in [4.78, 5) is 26.5. The molecule has 0 saturated heterocycles. The fraction of sp³-hybridized carbons (Fsp3) is 0.300. The summed E-state index contributed by atoms with van der Waals surface area (Å²) < 4.78 is 0. The first-order valence-electron chi connectivity index (χ1n) is 8.55. The lowest BCUT2D eigenvalue weighted by atomic mass is 10.0. The molecule has 1 aliphatic rings. The van der Waals surface area contributed by atoms with Gasteiger partial charge in [0, 0.05) is 28.2 Å². The zero-order chi connectivity index (χ0) is 18.7. The Morgan fingerprint density at radius 3 is 2.73 bits per heavy atom. The predicted molar refractivity (Wildman–Crippen MR) is 105 cm³/mol. The Morgan fingerprint density at radius 2 is 1.96 bits per heavy atom. The molecule has 1 N–H and O–H groups in total. The SMILES string of the molecule is CC(Cc1ccc(Cl)cc1Cl)C(=O)NCC(=O)N1CCc2ccccc21. The Balaban J connectivity index is 1.54. The van der Waals surface area contributed by atoms with Gasteiger partial charge in [-0.25, -0.2) is 0 Å². The van der Waals surface area contributed by atoms with Crippen LogP contribution in [-0.4, -0.2) is 24.9 Å². The number of halogens is 2. The van der Waals surface area contributed by atoms with Crippen LogP contribution < -0.4 is 10.2 Å². The lowest BCUT2D eigenvalue weighted by molar-refractivity contribution is -0.127. The minimum absolute atomic E-state index is 0.00808. The van der Waals surface area contributed by atoms with Gasteiger partial charge in [0.2, 0.25) is 11.8 Å². The summed E-state index contributed by atoms with van der Waals surface area (Å²) in [5, 5.41) is 3.85. The van der Waals surface area contributed by atoms with Gasteiger partial charge in [-0.1, -0.05) is 54.4 Å². The molecule has 0 radical (unpaired) electrons. The molecule has 0 aromatic heterocycles. The third-order valence-corrected chi connectivity index (χ3v) is 5.18. The topological polar surface area (TPSA) is 49.4 Å². The molecule has 4 nitrogen and oxygen atoms in total. The van der Waals surface area contributed by atoms with Gasteiger partial charge in [0.1, 0.15) is 0 Å². The summed E-state index contributed by atoms with van der Waals surface area (Å²) in [6.07, 6.45) is 1.34. The van der Waals surface area contributed by atoms with Crippen molar-refractivity contribution in [2.45, 2.75) is 19.8 Å². The fourth-order valence-corrected chi connectivity index (χ4v) is 3.63. The summed E-state index contributed by atoms with van der Waals surface area (Å²) in [5.41, 5.74) is 2.96. The number of hydrogen-bond donors (Lipinski definition) is 1. The summed E-state index contributed by atoms with van der Waals surface area (Å²) >= 11 is 12.1. The number of rotatable bonds is 5. The van der Waals surface area contributed by atoms with Gasteiger partial charge in [-0.05, 0) is 42.2 Å². The molecule has 136 valence electrons. The Hall–Kier alpha value is -2.04. The number of benzene rings is 2. The third-order valence-electron chi connectivity index (χ3n) is 4.59. The van der Waals surface area contributed by atoms with E-state index < -0.39 is 0 Å². The summed E-state index contributed by atoms with van der Waals surface area (Å²) in [7, 11) is 0. The number of carbonyl (C=O) groups excluding carboxylic acids is 2. The summed E-state index contributed by atoms with van der Waals surface area (Å²) in [6, 6.07) is 13.1. The van der Waals surface area contributed by atoms with Crippen molar-refractivity contribution in [1.82, 2.24) is 5.32 Å². The highest BCUT2D eigenvalue weighted by atomic mass is 35.5. The van der Waals surface area contributed by atoms with Crippen molar-refractivity contribution in [1.29, 1.82) is 0 Å². The standard InChI is InChI=1S/C20H20Cl2N2O2/c1-13(10-15-6-7-16(21)11-17(15)22)20(26)23-12-19(25)24-9-8-14-4-2-3-5-18(14)24/h2-7,11,13H,8-10,12H2,1H3,(H,23,26). The highest BCUT2D eigenvalue weighted by molar-refractivity contribution is 6.35. The quantitative estimate of drug-likeness (QED) is 0.841. The van der Waals surface area contributed by atoms with Crippen LogP contribution in [0.2, 0.25) is 10.0 Å². The maximum absolute atomic E-state index is 12.5. The van der Waals surface area contributed by atoms with Gasteiger partial charge in [0.05, 0.1) is 6.54 Å². The number of carbonyl (C=O) groups is 2. The van der Waals surface area contributed by atoms with Gasteiger partial charge in [0.15, 0.2) is 0 Å². The van der Waals surface area contributed by atoms with E-state index in [9.17, 15) is 9.59 Å². The number of nitrogens with one attached hydrogen (secondary N) is 1. The molecule has 0 spiro atoms. The predicted octanol–water partition coefficient (Wildman–Crippen LogP) is 3.88. The van der Waals surface area contributed by atoms with E-state index in [1.165, 1.54) is 0 Å². The van der Waals surface area contributed by atoms with Crippen molar-refractivity contribution in [2.75, 3.05) is 18.0 Å². The minimum Gasteiger partial charge on any atom is -0.347 e. The van der Waals surface area contributed by atoms with Crippen LogP contribution in [0.3, 0.4) is 0 Å². The van der Waals surface area contributed by atoms with E-state index in [-0.39, 0.29) is 24.3 Å². The van der Waals surface area contributed by atoms with E-state index in [0.717, 1.165) is 23.2 Å². The average molecular weight is 391 g/mol. The van der Waals surface area contributed by atoms with Crippen LogP contribution in [0.5, 0.6) is 0 Å². The number of para-hydroxylation sites is 1. The van der Waals surface area contributed by atoms with Crippen LogP contribution in [0.25, 0.3) is 0 Å². The van der Waals surface area contributed by atoms with Crippen molar-refractivity contribution in [3.63, 3.8) is 0 Å². The van der Waals surface area contributed by atoms with Crippen molar-refractivity contribution in [3.05, 3.63) is 63.6 Å². The molecule has 1 heterocycles. The minimum atomic E-state index is -0.299. The monoisotopic (exact) mass is 390 g/mol. The molecular formula is C20H20Cl2N2O2. The molecule has 0 fully saturated rings. The van der Waals surface area contributed by atoms with Gasteiger partial charge in [-0.15, -0.1) is 0 Å². The first kappa shape index (κ1) is 18.7. The van der Waals surface area contributed by atoms with Crippen LogP contribution in [0.15, 0.2) is 42.5 Å². The average Bonchev–Trinajstić information content (AvgIpc) is 3.06. The molecule has 2 aromatic carbocycles. The van der Waals surface area contributed by atoms with Gasteiger partial charge in [-0.2, -0.15) is 0 Å². The molecule has 2 amide bonds. The molecule has 1 unspecified atom stereocenters. The lowest BCUT2D eigenvalue weighted by Crippen LogP contribution is -2.41. The van der Waals surface area contributed by atoms with Crippen molar-refractivity contribution in [3.8, 4) is 0 Å². The smallest absolute Gasteiger partial charge is 0.246 e. The first-order chi connectivity index (χ1) is 12.5. The second-order valence-electron chi connectivity index (χ2n) is 6.48. The maximum Gasteiger partial charge on any atom is 0.246 e. The Kier molecular flexibility index (Phi) is 5.84. The molecule has 0 saturated carbocycles. The van der Waals surface area contributed by atoms with Crippen LogP contribution in [0, 0.1) is 5.92 Å². The number of fused-ring (bicyclic) bond motifs is 1. The van der Waals surface area contributed by atoms with Crippen LogP contribution in [0.4, 0.5) is 5.69 Å².